The molecule has 0 fully saturated rings. The fourth-order valence-electron chi connectivity index (χ4n) is 2.54. The third-order valence-corrected chi connectivity index (χ3v) is 3.44. The van der Waals surface area contributed by atoms with E-state index in [0.29, 0.717) is 17.3 Å². The highest BCUT2D eigenvalue weighted by molar-refractivity contribution is 5.81. The standard InChI is InChI=1S/C12H12N6O/c1-6-14-11-8(4-13-16-11)12(15-6)18-5-7-2-3-9(19)10(7)17-18/h4-5,9,19H,2-3H2,1H3,(H,13,14,15,16)/t9-/m0/s1. The lowest BCUT2D eigenvalue weighted by atomic mass is 10.3. The van der Waals surface area contributed by atoms with Gasteiger partial charge in [-0.3, -0.25) is 5.10 Å². The Labute approximate surface area is 108 Å². The molecule has 19 heavy (non-hydrogen) atoms. The monoisotopic (exact) mass is 256 g/mol. The molecule has 0 unspecified atom stereocenters. The van der Waals surface area contributed by atoms with Gasteiger partial charge in [0.25, 0.3) is 0 Å². The summed E-state index contributed by atoms with van der Waals surface area (Å²) in [5.41, 5.74) is 2.53. The molecule has 1 aliphatic rings. The quantitative estimate of drug-likeness (QED) is 0.672. The van der Waals surface area contributed by atoms with Crippen molar-refractivity contribution in [3.05, 3.63) is 29.5 Å². The molecule has 1 aliphatic carbocycles. The summed E-state index contributed by atoms with van der Waals surface area (Å²) in [7, 11) is 0. The summed E-state index contributed by atoms with van der Waals surface area (Å²) in [5, 5.41) is 21.9. The van der Waals surface area contributed by atoms with Gasteiger partial charge in [0.2, 0.25) is 0 Å². The SMILES string of the molecule is Cc1nc(-n2cc3c(n2)[C@@H](O)CC3)c2cn[nH]c2n1. The molecule has 4 rings (SSSR count). The van der Waals surface area contributed by atoms with Crippen LogP contribution in [0.1, 0.15) is 29.6 Å². The zero-order valence-corrected chi connectivity index (χ0v) is 10.3. The molecule has 3 aromatic heterocycles. The average molecular weight is 256 g/mol. The summed E-state index contributed by atoms with van der Waals surface area (Å²) in [6, 6.07) is 0. The molecule has 0 aromatic carbocycles. The normalized spacial score (nSPS) is 18.1. The van der Waals surface area contributed by atoms with E-state index in [-0.39, 0.29) is 0 Å². The number of aliphatic hydroxyl groups is 1. The van der Waals surface area contributed by atoms with Crippen LogP contribution in [-0.2, 0) is 6.42 Å². The van der Waals surface area contributed by atoms with Crippen molar-refractivity contribution in [3.63, 3.8) is 0 Å². The van der Waals surface area contributed by atoms with Crippen LogP contribution in [0.4, 0.5) is 0 Å². The Bertz CT molecular complexity index is 774. The molecule has 0 saturated carbocycles. The molecule has 7 heteroatoms. The number of fused-ring (bicyclic) bond motifs is 2. The topological polar surface area (TPSA) is 92.5 Å². The molecule has 2 N–H and O–H groups in total. The molecular weight excluding hydrogens is 244 g/mol. The Kier molecular flexibility index (Phi) is 2.02. The van der Waals surface area contributed by atoms with Crippen LogP contribution < -0.4 is 0 Å². The number of aryl methyl sites for hydroxylation is 2. The molecular formula is C12H12N6O. The van der Waals surface area contributed by atoms with Crippen molar-refractivity contribution in [1.82, 2.24) is 29.9 Å². The molecule has 0 spiro atoms. The Morgan fingerprint density at radius 1 is 1.42 bits per heavy atom. The first-order chi connectivity index (χ1) is 9.22. The lowest BCUT2D eigenvalue weighted by molar-refractivity contribution is 0.174. The van der Waals surface area contributed by atoms with Crippen molar-refractivity contribution in [1.29, 1.82) is 0 Å². The van der Waals surface area contributed by atoms with E-state index in [4.69, 9.17) is 0 Å². The number of aromatic amines is 1. The zero-order chi connectivity index (χ0) is 13.0. The summed E-state index contributed by atoms with van der Waals surface area (Å²) in [4.78, 5) is 8.71. The van der Waals surface area contributed by atoms with Crippen LogP contribution in [0.2, 0.25) is 0 Å². The first kappa shape index (κ1) is 10.6. The van der Waals surface area contributed by atoms with Gasteiger partial charge in [-0.15, -0.1) is 0 Å². The van der Waals surface area contributed by atoms with Crippen molar-refractivity contribution in [3.8, 4) is 5.82 Å². The minimum absolute atomic E-state index is 0.459. The molecule has 3 aromatic rings. The van der Waals surface area contributed by atoms with Gasteiger partial charge in [-0.1, -0.05) is 0 Å². The average Bonchev–Trinajstić information content (AvgIpc) is 3.05. The predicted octanol–water partition coefficient (Wildman–Crippen LogP) is 0.827. The maximum Gasteiger partial charge on any atom is 0.168 e. The maximum absolute atomic E-state index is 9.84. The number of nitrogens with zero attached hydrogens (tertiary/aromatic N) is 5. The van der Waals surface area contributed by atoms with Gasteiger partial charge < -0.3 is 5.11 Å². The second kappa shape index (κ2) is 3.61. The van der Waals surface area contributed by atoms with Crippen LogP contribution in [0.15, 0.2) is 12.4 Å². The van der Waals surface area contributed by atoms with E-state index in [1.807, 2.05) is 13.1 Å². The van der Waals surface area contributed by atoms with E-state index in [1.165, 1.54) is 0 Å². The van der Waals surface area contributed by atoms with Gasteiger partial charge in [-0.2, -0.15) is 10.2 Å². The second-order valence-corrected chi connectivity index (χ2v) is 4.77. The lowest BCUT2D eigenvalue weighted by Gasteiger charge is -2.04. The molecule has 0 radical (unpaired) electrons. The molecule has 96 valence electrons. The lowest BCUT2D eigenvalue weighted by Crippen LogP contribution is -2.04. The van der Waals surface area contributed by atoms with Crippen molar-refractivity contribution in [2.24, 2.45) is 0 Å². The van der Waals surface area contributed by atoms with Gasteiger partial charge in [0.05, 0.1) is 23.4 Å². The van der Waals surface area contributed by atoms with Crippen LogP contribution in [0.3, 0.4) is 0 Å². The van der Waals surface area contributed by atoms with Crippen LogP contribution in [0.25, 0.3) is 16.9 Å². The summed E-state index contributed by atoms with van der Waals surface area (Å²) in [6.07, 6.45) is 4.77. The van der Waals surface area contributed by atoms with Crippen LogP contribution >= 0.6 is 0 Å². The fourth-order valence-corrected chi connectivity index (χ4v) is 2.54. The number of nitrogens with one attached hydrogen (secondary N) is 1. The molecule has 1 atom stereocenters. The van der Waals surface area contributed by atoms with Crippen LogP contribution in [-0.4, -0.2) is 35.1 Å². The van der Waals surface area contributed by atoms with E-state index >= 15 is 0 Å². The Hall–Kier alpha value is -2.28. The molecule has 3 heterocycles. The fraction of sp³-hybridized carbons (Fsp3) is 0.333. The molecule has 7 nitrogen and oxygen atoms in total. The largest absolute Gasteiger partial charge is 0.387 e. The number of hydrogen-bond donors (Lipinski definition) is 2. The van der Waals surface area contributed by atoms with Crippen molar-refractivity contribution < 1.29 is 5.11 Å². The summed E-state index contributed by atoms with van der Waals surface area (Å²) in [5.74, 6) is 1.35. The number of rotatable bonds is 1. The Balaban J connectivity index is 1.95. The summed E-state index contributed by atoms with van der Waals surface area (Å²) >= 11 is 0. The summed E-state index contributed by atoms with van der Waals surface area (Å²) in [6.45, 7) is 1.83. The number of aliphatic hydroxyl groups excluding tert-OH is 1. The van der Waals surface area contributed by atoms with E-state index < -0.39 is 6.10 Å². The van der Waals surface area contributed by atoms with E-state index in [1.54, 1.807) is 10.9 Å². The molecule has 0 aliphatic heterocycles. The van der Waals surface area contributed by atoms with Gasteiger partial charge in [0, 0.05) is 6.20 Å². The smallest absolute Gasteiger partial charge is 0.168 e. The van der Waals surface area contributed by atoms with E-state index in [9.17, 15) is 5.11 Å². The predicted molar refractivity (Wildman–Crippen MR) is 66.8 cm³/mol. The van der Waals surface area contributed by atoms with Crippen molar-refractivity contribution in [2.45, 2.75) is 25.9 Å². The number of aromatic nitrogens is 6. The van der Waals surface area contributed by atoms with Gasteiger partial charge >= 0.3 is 0 Å². The highest BCUT2D eigenvalue weighted by atomic mass is 16.3. The van der Waals surface area contributed by atoms with E-state index in [2.05, 4.69) is 25.3 Å². The highest BCUT2D eigenvalue weighted by Crippen LogP contribution is 2.30. The zero-order valence-electron chi connectivity index (χ0n) is 10.3. The first-order valence-electron chi connectivity index (χ1n) is 6.17. The van der Waals surface area contributed by atoms with Crippen molar-refractivity contribution >= 4 is 11.0 Å². The van der Waals surface area contributed by atoms with Crippen LogP contribution in [0.5, 0.6) is 0 Å². The van der Waals surface area contributed by atoms with Crippen LogP contribution in [0, 0.1) is 6.92 Å². The summed E-state index contributed by atoms with van der Waals surface area (Å²) < 4.78 is 1.71. The maximum atomic E-state index is 9.84. The molecule has 0 saturated heterocycles. The third-order valence-electron chi connectivity index (χ3n) is 3.44. The van der Waals surface area contributed by atoms with Gasteiger partial charge in [-0.25, -0.2) is 14.6 Å². The Morgan fingerprint density at radius 3 is 3.16 bits per heavy atom. The first-order valence-corrected chi connectivity index (χ1v) is 6.17. The Morgan fingerprint density at radius 2 is 2.32 bits per heavy atom. The number of H-pyrrole nitrogens is 1. The van der Waals surface area contributed by atoms with Crippen molar-refractivity contribution in [2.75, 3.05) is 0 Å². The molecule has 0 amide bonds. The third kappa shape index (κ3) is 1.48. The minimum Gasteiger partial charge on any atom is -0.387 e. The van der Waals surface area contributed by atoms with Gasteiger partial charge in [-0.05, 0) is 25.3 Å². The highest BCUT2D eigenvalue weighted by Gasteiger charge is 2.25. The number of hydrogen-bond acceptors (Lipinski definition) is 5. The van der Waals surface area contributed by atoms with E-state index in [0.717, 1.165) is 29.5 Å². The molecule has 0 bridgehead atoms. The van der Waals surface area contributed by atoms with Gasteiger partial charge in [0.1, 0.15) is 5.82 Å². The second-order valence-electron chi connectivity index (χ2n) is 4.77. The minimum atomic E-state index is -0.459. The van der Waals surface area contributed by atoms with Gasteiger partial charge in [0.15, 0.2) is 11.5 Å².